The van der Waals surface area contributed by atoms with Crippen molar-refractivity contribution in [1.82, 2.24) is 4.98 Å². The molecule has 0 unspecified atom stereocenters. The Kier molecular flexibility index (Phi) is 8.14. The van der Waals surface area contributed by atoms with Gasteiger partial charge in [0.1, 0.15) is 0 Å². The van der Waals surface area contributed by atoms with Crippen LogP contribution < -0.4 is 0 Å². The van der Waals surface area contributed by atoms with E-state index in [-0.39, 0.29) is 5.41 Å². The fourth-order valence-electron chi connectivity index (χ4n) is 9.35. The molecule has 7 aromatic carbocycles. The zero-order valence-corrected chi connectivity index (χ0v) is 30.4. The zero-order valence-electron chi connectivity index (χ0n) is 30.4. The maximum Gasteiger partial charge on any atom is 0.0715 e. The normalized spacial score (nSPS) is 14.1. The average Bonchev–Trinajstić information content (AvgIpc) is 3.52. The molecule has 1 fully saturated rings. The Balaban J connectivity index is 1.13. The Morgan fingerprint density at radius 3 is 1.48 bits per heavy atom. The largest absolute Gasteiger partial charge is 0.248 e. The van der Waals surface area contributed by atoms with Crippen LogP contribution in [-0.2, 0) is 5.41 Å². The highest BCUT2D eigenvalue weighted by molar-refractivity contribution is 5.97. The van der Waals surface area contributed by atoms with E-state index in [1.54, 1.807) is 0 Å². The summed E-state index contributed by atoms with van der Waals surface area (Å²) in [6.07, 6.45) is 6.43. The van der Waals surface area contributed by atoms with Crippen molar-refractivity contribution in [3.05, 3.63) is 199 Å². The van der Waals surface area contributed by atoms with Crippen molar-refractivity contribution in [1.29, 1.82) is 0 Å². The van der Waals surface area contributed by atoms with Gasteiger partial charge in [0.15, 0.2) is 0 Å². The van der Waals surface area contributed by atoms with E-state index >= 15 is 0 Å². The third kappa shape index (κ3) is 5.60. The number of fused-ring (bicyclic) bond motifs is 5. The molecule has 1 nitrogen and oxygen atoms in total. The molecule has 54 heavy (non-hydrogen) atoms. The van der Waals surface area contributed by atoms with Crippen molar-refractivity contribution in [3.63, 3.8) is 0 Å². The van der Waals surface area contributed by atoms with E-state index in [0.29, 0.717) is 0 Å². The summed E-state index contributed by atoms with van der Waals surface area (Å²) in [4.78, 5) is 5.15. The molecule has 10 rings (SSSR count). The van der Waals surface area contributed by atoms with Crippen LogP contribution in [0.25, 0.3) is 78.1 Å². The summed E-state index contributed by atoms with van der Waals surface area (Å²) < 4.78 is 0. The third-order valence-electron chi connectivity index (χ3n) is 11.9. The molecule has 0 bridgehead atoms. The lowest BCUT2D eigenvalue weighted by Crippen LogP contribution is -2.27. The van der Waals surface area contributed by atoms with Gasteiger partial charge in [-0.1, -0.05) is 183 Å². The number of rotatable bonds is 6. The fourth-order valence-corrected chi connectivity index (χ4v) is 9.35. The molecule has 8 aromatic rings. The molecule has 0 amide bonds. The molecule has 0 radical (unpaired) electrons. The van der Waals surface area contributed by atoms with Crippen LogP contribution in [-0.4, -0.2) is 4.98 Å². The number of pyridine rings is 1. The van der Waals surface area contributed by atoms with Crippen molar-refractivity contribution < 1.29 is 0 Å². The Hall–Kier alpha value is -6.31. The summed E-state index contributed by atoms with van der Waals surface area (Å²) in [7, 11) is 0. The molecular formula is C53H41N. The minimum absolute atomic E-state index is 0.154. The number of aromatic nitrogens is 1. The number of nitrogens with zero attached hydrogens (tertiary/aromatic N) is 1. The highest BCUT2D eigenvalue weighted by Crippen LogP contribution is 2.56. The van der Waals surface area contributed by atoms with Gasteiger partial charge in [0.2, 0.25) is 0 Å². The van der Waals surface area contributed by atoms with Crippen LogP contribution in [0.1, 0.15) is 43.2 Å². The van der Waals surface area contributed by atoms with E-state index in [1.165, 1.54) is 93.3 Å². The van der Waals surface area contributed by atoms with E-state index in [1.807, 2.05) is 0 Å². The predicted molar refractivity (Wildman–Crippen MR) is 226 cm³/mol. The molecule has 2 aliphatic carbocycles. The van der Waals surface area contributed by atoms with Crippen LogP contribution in [0.2, 0.25) is 0 Å². The second kappa shape index (κ2) is 13.6. The summed E-state index contributed by atoms with van der Waals surface area (Å²) in [5.41, 5.74) is 20.0. The quantitative estimate of drug-likeness (QED) is 0.169. The highest BCUT2D eigenvalue weighted by atomic mass is 14.7. The Morgan fingerprint density at radius 2 is 0.815 bits per heavy atom. The molecule has 0 N–H and O–H groups in total. The van der Waals surface area contributed by atoms with Crippen LogP contribution in [0.4, 0.5) is 0 Å². The van der Waals surface area contributed by atoms with Gasteiger partial charge >= 0.3 is 0 Å². The molecule has 1 saturated carbocycles. The molecule has 0 aliphatic heterocycles. The van der Waals surface area contributed by atoms with Gasteiger partial charge in [-0.2, -0.15) is 0 Å². The standard InChI is InChI=1S/C53H41N/c1-5-17-37(18-6-1)50-35-43(36-51(54-50)38-19-7-2-8-20-38)40-23-15-24-41(33-40)44-26-16-27-45(52(44)39-21-9-3-10-22-39)42-29-30-49-47(34-42)46-25-11-12-28-48(46)53(49)31-13-4-14-32-53/h1-3,5-12,15-30,33-36H,4,13-14,31-32H2. The van der Waals surface area contributed by atoms with E-state index < -0.39 is 0 Å². The molecule has 1 aromatic heterocycles. The summed E-state index contributed by atoms with van der Waals surface area (Å²) >= 11 is 0. The van der Waals surface area contributed by atoms with Crippen molar-refractivity contribution in [3.8, 4) is 78.1 Å². The van der Waals surface area contributed by atoms with Crippen LogP contribution in [0.15, 0.2) is 188 Å². The van der Waals surface area contributed by atoms with Gasteiger partial charge in [-0.15, -0.1) is 0 Å². The van der Waals surface area contributed by atoms with Gasteiger partial charge in [0, 0.05) is 16.5 Å². The van der Waals surface area contributed by atoms with E-state index in [9.17, 15) is 0 Å². The SMILES string of the molecule is c1ccc(-c2cc(-c3cccc(-c4cccc(-c5ccc6c(c5)-c5ccccc5C65CCCCC5)c4-c4ccccc4)c3)cc(-c3ccccc3)n2)cc1. The molecular weight excluding hydrogens is 651 g/mol. The lowest BCUT2D eigenvalue weighted by atomic mass is 9.68. The van der Waals surface area contributed by atoms with E-state index in [4.69, 9.17) is 4.98 Å². The second-order valence-corrected chi connectivity index (χ2v) is 15.0. The molecule has 1 spiro atoms. The van der Waals surface area contributed by atoms with Crippen LogP contribution in [0.5, 0.6) is 0 Å². The topological polar surface area (TPSA) is 12.9 Å². The lowest BCUT2D eigenvalue weighted by Gasteiger charge is -2.36. The smallest absolute Gasteiger partial charge is 0.0715 e. The second-order valence-electron chi connectivity index (χ2n) is 15.0. The van der Waals surface area contributed by atoms with Crippen molar-refractivity contribution in [2.75, 3.05) is 0 Å². The van der Waals surface area contributed by atoms with Gasteiger partial charge < -0.3 is 0 Å². The average molecular weight is 692 g/mol. The van der Waals surface area contributed by atoms with E-state index in [0.717, 1.165) is 28.1 Å². The minimum Gasteiger partial charge on any atom is -0.248 e. The Morgan fingerprint density at radius 1 is 0.315 bits per heavy atom. The first-order chi connectivity index (χ1) is 26.7. The highest BCUT2D eigenvalue weighted by Gasteiger charge is 2.43. The first-order valence-electron chi connectivity index (χ1n) is 19.4. The number of hydrogen-bond donors (Lipinski definition) is 0. The van der Waals surface area contributed by atoms with Crippen LogP contribution in [0, 0.1) is 0 Å². The predicted octanol–water partition coefficient (Wildman–Crippen LogP) is 14.3. The molecule has 1 heterocycles. The lowest BCUT2D eigenvalue weighted by molar-refractivity contribution is 0.353. The summed E-state index contributed by atoms with van der Waals surface area (Å²) in [5.74, 6) is 0. The maximum absolute atomic E-state index is 5.15. The molecule has 1 heteroatoms. The van der Waals surface area contributed by atoms with Gasteiger partial charge in [-0.05, 0) is 104 Å². The number of hydrogen-bond acceptors (Lipinski definition) is 1. The molecule has 258 valence electrons. The fraction of sp³-hybridized carbons (Fsp3) is 0.113. The monoisotopic (exact) mass is 691 g/mol. The zero-order chi connectivity index (χ0) is 35.9. The minimum atomic E-state index is 0.154. The molecule has 0 atom stereocenters. The van der Waals surface area contributed by atoms with Gasteiger partial charge in [-0.3, -0.25) is 0 Å². The summed E-state index contributed by atoms with van der Waals surface area (Å²) in [5, 5.41) is 0. The molecule has 0 saturated heterocycles. The molecule has 2 aliphatic rings. The van der Waals surface area contributed by atoms with Gasteiger partial charge in [-0.25, -0.2) is 4.98 Å². The first kappa shape index (κ1) is 32.3. The van der Waals surface area contributed by atoms with Crippen LogP contribution >= 0.6 is 0 Å². The van der Waals surface area contributed by atoms with Crippen molar-refractivity contribution in [2.24, 2.45) is 0 Å². The van der Waals surface area contributed by atoms with Gasteiger partial charge in [0.25, 0.3) is 0 Å². The van der Waals surface area contributed by atoms with E-state index in [2.05, 4.69) is 188 Å². The van der Waals surface area contributed by atoms with Crippen molar-refractivity contribution in [2.45, 2.75) is 37.5 Å². The Labute approximate surface area is 318 Å². The summed E-state index contributed by atoms with van der Waals surface area (Å²) in [6.45, 7) is 0. The van der Waals surface area contributed by atoms with Crippen molar-refractivity contribution >= 4 is 0 Å². The Bertz CT molecular complexity index is 2560. The first-order valence-corrected chi connectivity index (χ1v) is 19.4. The van der Waals surface area contributed by atoms with Gasteiger partial charge in [0.05, 0.1) is 11.4 Å². The third-order valence-corrected chi connectivity index (χ3v) is 11.9. The number of benzene rings is 7. The summed E-state index contributed by atoms with van der Waals surface area (Å²) in [6, 6.07) is 68.9. The van der Waals surface area contributed by atoms with Crippen LogP contribution in [0.3, 0.4) is 0 Å². The maximum atomic E-state index is 5.15.